The van der Waals surface area contributed by atoms with Crippen LogP contribution in [0.3, 0.4) is 0 Å². The molecule has 1 aromatic rings. The van der Waals surface area contributed by atoms with E-state index in [0.29, 0.717) is 12.1 Å². The molecule has 6 heteroatoms. The topological polar surface area (TPSA) is 66.5 Å². The van der Waals surface area contributed by atoms with Crippen LogP contribution in [0.25, 0.3) is 0 Å². The second-order valence-electron chi connectivity index (χ2n) is 6.07. The molecule has 0 fully saturated rings. The van der Waals surface area contributed by atoms with Gasteiger partial charge in [-0.05, 0) is 56.9 Å². The number of anilines is 1. The van der Waals surface area contributed by atoms with Crippen LogP contribution >= 0.6 is 0 Å². The molecule has 1 amide bonds. The van der Waals surface area contributed by atoms with Gasteiger partial charge in [-0.15, -0.1) is 0 Å². The summed E-state index contributed by atoms with van der Waals surface area (Å²) in [4.78, 5) is 12.5. The van der Waals surface area contributed by atoms with Crippen LogP contribution in [0.4, 0.5) is 5.69 Å². The molecule has 0 radical (unpaired) electrons. The normalized spacial score (nSPS) is 14.2. The van der Waals surface area contributed by atoms with Crippen molar-refractivity contribution in [3.8, 4) is 0 Å². The van der Waals surface area contributed by atoms with Crippen LogP contribution < -0.4 is 9.62 Å². The van der Waals surface area contributed by atoms with Gasteiger partial charge >= 0.3 is 0 Å². The van der Waals surface area contributed by atoms with E-state index in [9.17, 15) is 13.2 Å². The largest absolute Gasteiger partial charge is 0.352 e. The van der Waals surface area contributed by atoms with E-state index in [1.54, 1.807) is 6.07 Å². The van der Waals surface area contributed by atoms with Gasteiger partial charge in [0.2, 0.25) is 15.9 Å². The van der Waals surface area contributed by atoms with E-state index in [-0.39, 0.29) is 11.9 Å². The van der Waals surface area contributed by atoms with Crippen molar-refractivity contribution in [3.63, 3.8) is 0 Å². The van der Waals surface area contributed by atoms with Crippen molar-refractivity contribution in [3.05, 3.63) is 29.3 Å². The SMILES string of the molecule is CC[C@H](C)NC(=O)[C@H](CC)N(c1ccc(C)c(C)c1)S(C)(=O)=O. The van der Waals surface area contributed by atoms with Gasteiger partial charge in [-0.25, -0.2) is 8.42 Å². The third kappa shape index (κ3) is 4.96. The molecule has 0 spiro atoms. The highest BCUT2D eigenvalue weighted by atomic mass is 32.2. The minimum absolute atomic E-state index is 0.0118. The molecule has 1 rings (SSSR count). The van der Waals surface area contributed by atoms with Gasteiger partial charge in [-0.1, -0.05) is 19.9 Å². The van der Waals surface area contributed by atoms with Crippen LogP contribution in [0.5, 0.6) is 0 Å². The number of amides is 1. The molecule has 23 heavy (non-hydrogen) atoms. The van der Waals surface area contributed by atoms with Gasteiger partial charge in [0.05, 0.1) is 11.9 Å². The average Bonchev–Trinajstić information content (AvgIpc) is 2.46. The van der Waals surface area contributed by atoms with Crippen molar-refractivity contribution in [2.75, 3.05) is 10.6 Å². The molecule has 1 aromatic carbocycles. The molecule has 0 aliphatic carbocycles. The zero-order valence-electron chi connectivity index (χ0n) is 14.9. The first kappa shape index (κ1) is 19.5. The van der Waals surface area contributed by atoms with Gasteiger partial charge in [0.15, 0.2) is 0 Å². The molecule has 0 unspecified atom stereocenters. The zero-order chi connectivity index (χ0) is 17.8. The van der Waals surface area contributed by atoms with Crippen LogP contribution in [-0.4, -0.2) is 32.7 Å². The molecule has 2 atom stereocenters. The number of hydrogen-bond donors (Lipinski definition) is 1. The number of nitrogens with zero attached hydrogens (tertiary/aromatic N) is 1. The van der Waals surface area contributed by atoms with E-state index in [4.69, 9.17) is 0 Å². The highest BCUT2D eigenvalue weighted by Crippen LogP contribution is 2.25. The first-order valence-electron chi connectivity index (χ1n) is 7.98. The smallest absolute Gasteiger partial charge is 0.244 e. The van der Waals surface area contributed by atoms with Crippen molar-refractivity contribution in [2.45, 2.75) is 59.5 Å². The van der Waals surface area contributed by atoms with E-state index in [2.05, 4.69) is 5.32 Å². The van der Waals surface area contributed by atoms with Gasteiger partial charge < -0.3 is 5.32 Å². The second-order valence-corrected chi connectivity index (χ2v) is 7.93. The minimum atomic E-state index is -3.57. The lowest BCUT2D eigenvalue weighted by atomic mass is 10.1. The highest BCUT2D eigenvalue weighted by molar-refractivity contribution is 7.92. The van der Waals surface area contributed by atoms with Crippen LogP contribution in [0.2, 0.25) is 0 Å². The van der Waals surface area contributed by atoms with Crippen LogP contribution in [0.15, 0.2) is 18.2 Å². The van der Waals surface area contributed by atoms with Crippen molar-refractivity contribution in [1.82, 2.24) is 5.32 Å². The lowest BCUT2D eigenvalue weighted by molar-refractivity contribution is -0.122. The van der Waals surface area contributed by atoms with Crippen LogP contribution in [0, 0.1) is 13.8 Å². The molecular weight excluding hydrogens is 312 g/mol. The van der Waals surface area contributed by atoms with E-state index in [0.717, 1.165) is 23.8 Å². The minimum Gasteiger partial charge on any atom is -0.352 e. The molecule has 0 saturated heterocycles. The summed E-state index contributed by atoms with van der Waals surface area (Å²) in [5.74, 6) is -0.259. The summed E-state index contributed by atoms with van der Waals surface area (Å²) in [7, 11) is -3.57. The summed E-state index contributed by atoms with van der Waals surface area (Å²) in [6.45, 7) is 9.60. The Morgan fingerprint density at radius 1 is 1.17 bits per heavy atom. The number of hydrogen-bond acceptors (Lipinski definition) is 3. The number of sulfonamides is 1. The summed E-state index contributed by atoms with van der Waals surface area (Å²) >= 11 is 0. The Hall–Kier alpha value is -1.56. The molecule has 130 valence electrons. The van der Waals surface area contributed by atoms with Crippen molar-refractivity contribution in [1.29, 1.82) is 0 Å². The summed E-state index contributed by atoms with van der Waals surface area (Å²) in [5.41, 5.74) is 2.61. The predicted octanol–water partition coefficient (Wildman–Crippen LogP) is 2.76. The Kier molecular flexibility index (Phi) is 6.62. The summed E-state index contributed by atoms with van der Waals surface area (Å²) in [5, 5.41) is 2.88. The number of carbonyl (C=O) groups is 1. The fourth-order valence-corrected chi connectivity index (χ4v) is 3.57. The van der Waals surface area contributed by atoms with E-state index in [1.807, 2.05) is 46.8 Å². The maximum atomic E-state index is 12.5. The number of rotatable bonds is 7. The first-order chi connectivity index (χ1) is 10.6. The quantitative estimate of drug-likeness (QED) is 0.830. The van der Waals surface area contributed by atoms with Gasteiger partial charge in [0.1, 0.15) is 6.04 Å². The fourth-order valence-electron chi connectivity index (χ4n) is 2.36. The first-order valence-corrected chi connectivity index (χ1v) is 9.83. The second kappa shape index (κ2) is 7.81. The molecule has 0 aromatic heterocycles. The summed E-state index contributed by atoms with van der Waals surface area (Å²) in [6, 6.07) is 4.71. The standard InChI is InChI=1S/C17H28N2O3S/c1-7-14(5)18-17(20)16(8-2)19(23(6,21)22)15-10-9-12(3)13(4)11-15/h9-11,14,16H,7-8H2,1-6H3,(H,18,20)/t14-,16-/m0/s1. The van der Waals surface area contributed by atoms with E-state index < -0.39 is 16.1 Å². The molecular formula is C17H28N2O3S. The third-order valence-electron chi connectivity index (χ3n) is 4.08. The van der Waals surface area contributed by atoms with E-state index >= 15 is 0 Å². The molecule has 0 aliphatic heterocycles. The molecule has 0 heterocycles. The molecule has 1 N–H and O–H groups in total. The fraction of sp³-hybridized carbons (Fsp3) is 0.588. The maximum absolute atomic E-state index is 12.5. The van der Waals surface area contributed by atoms with Gasteiger partial charge in [0, 0.05) is 6.04 Å². The Morgan fingerprint density at radius 2 is 1.78 bits per heavy atom. The maximum Gasteiger partial charge on any atom is 0.244 e. The summed E-state index contributed by atoms with van der Waals surface area (Å²) < 4.78 is 25.9. The van der Waals surface area contributed by atoms with Crippen molar-refractivity contribution < 1.29 is 13.2 Å². The van der Waals surface area contributed by atoms with Crippen LogP contribution in [-0.2, 0) is 14.8 Å². The van der Waals surface area contributed by atoms with E-state index in [1.165, 1.54) is 4.31 Å². The highest BCUT2D eigenvalue weighted by Gasteiger charge is 2.31. The van der Waals surface area contributed by atoms with Gasteiger partial charge in [-0.3, -0.25) is 9.10 Å². The summed E-state index contributed by atoms with van der Waals surface area (Å²) in [6.07, 6.45) is 2.34. The Morgan fingerprint density at radius 3 is 2.22 bits per heavy atom. The Labute approximate surface area is 140 Å². The van der Waals surface area contributed by atoms with Crippen molar-refractivity contribution in [2.24, 2.45) is 0 Å². The monoisotopic (exact) mass is 340 g/mol. The zero-order valence-corrected chi connectivity index (χ0v) is 15.7. The number of nitrogens with one attached hydrogen (secondary N) is 1. The van der Waals surface area contributed by atoms with Crippen molar-refractivity contribution >= 4 is 21.6 Å². The average molecular weight is 340 g/mol. The lowest BCUT2D eigenvalue weighted by Crippen LogP contribution is -2.51. The van der Waals surface area contributed by atoms with Gasteiger partial charge in [0.25, 0.3) is 0 Å². The Bertz CT molecular complexity index is 656. The third-order valence-corrected chi connectivity index (χ3v) is 5.26. The Balaban J connectivity index is 3.28. The molecule has 0 saturated carbocycles. The molecule has 0 bridgehead atoms. The lowest BCUT2D eigenvalue weighted by Gasteiger charge is -2.31. The number of aryl methyl sites for hydroxylation is 2. The predicted molar refractivity (Wildman–Crippen MR) is 95.2 cm³/mol. The van der Waals surface area contributed by atoms with Gasteiger partial charge in [-0.2, -0.15) is 0 Å². The number of benzene rings is 1. The molecule has 0 aliphatic rings. The number of carbonyl (C=O) groups excluding carboxylic acids is 1. The molecule has 5 nitrogen and oxygen atoms in total. The van der Waals surface area contributed by atoms with Crippen LogP contribution in [0.1, 0.15) is 44.7 Å².